The van der Waals surface area contributed by atoms with E-state index in [1.54, 1.807) is 0 Å². The van der Waals surface area contributed by atoms with Crippen LogP contribution in [0.2, 0.25) is 0 Å². The SMILES string of the molecule is CCCN(CC1CCCN1)C(C)c1cc(C)cc(C)c1. The fraction of sp³-hybridized carbons (Fsp3) is 0.667. The fourth-order valence-corrected chi connectivity index (χ4v) is 3.39. The Morgan fingerprint density at radius 2 is 1.95 bits per heavy atom. The molecule has 0 amide bonds. The number of aryl methyl sites for hydroxylation is 2. The highest BCUT2D eigenvalue weighted by Crippen LogP contribution is 2.24. The molecule has 112 valence electrons. The summed E-state index contributed by atoms with van der Waals surface area (Å²) < 4.78 is 0. The van der Waals surface area contributed by atoms with Crippen molar-refractivity contribution in [3.8, 4) is 0 Å². The number of nitrogens with one attached hydrogen (secondary N) is 1. The number of benzene rings is 1. The van der Waals surface area contributed by atoms with Crippen molar-refractivity contribution < 1.29 is 0 Å². The van der Waals surface area contributed by atoms with Gasteiger partial charge in [-0.05, 0) is 58.7 Å². The monoisotopic (exact) mass is 274 g/mol. The third-order valence-corrected chi connectivity index (χ3v) is 4.40. The minimum Gasteiger partial charge on any atom is -0.313 e. The minimum atomic E-state index is 0.510. The van der Waals surface area contributed by atoms with Crippen LogP contribution in [-0.4, -0.2) is 30.6 Å². The number of nitrogens with zero attached hydrogens (tertiary/aromatic N) is 1. The maximum absolute atomic E-state index is 3.63. The number of hydrogen-bond acceptors (Lipinski definition) is 2. The molecule has 20 heavy (non-hydrogen) atoms. The summed E-state index contributed by atoms with van der Waals surface area (Å²) in [5.41, 5.74) is 4.22. The summed E-state index contributed by atoms with van der Waals surface area (Å²) in [5, 5.41) is 3.63. The predicted octanol–water partition coefficient (Wildman–Crippen LogP) is 3.83. The Balaban J connectivity index is 2.09. The van der Waals surface area contributed by atoms with Gasteiger partial charge >= 0.3 is 0 Å². The van der Waals surface area contributed by atoms with E-state index in [2.05, 4.69) is 56.1 Å². The van der Waals surface area contributed by atoms with Crippen LogP contribution in [0.25, 0.3) is 0 Å². The van der Waals surface area contributed by atoms with Crippen molar-refractivity contribution in [2.75, 3.05) is 19.6 Å². The number of rotatable bonds is 6. The third-order valence-electron chi connectivity index (χ3n) is 4.40. The van der Waals surface area contributed by atoms with E-state index in [0.29, 0.717) is 12.1 Å². The highest BCUT2D eigenvalue weighted by Gasteiger charge is 2.21. The minimum absolute atomic E-state index is 0.510. The molecule has 0 aromatic heterocycles. The van der Waals surface area contributed by atoms with Gasteiger partial charge in [-0.3, -0.25) is 4.90 Å². The maximum atomic E-state index is 3.63. The predicted molar refractivity (Wildman–Crippen MR) is 87.2 cm³/mol. The Hall–Kier alpha value is -0.860. The Kier molecular flexibility index (Phi) is 5.62. The molecule has 1 saturated heterocycles. The average molecular weight is 274 g/mol. The molecule has 2 nitrogen and oxygen atoms in total. The van der Waals surface area contributed by atoms with Gasteiger partial charge in [-0.2, -0.15) is 0 Å². The second-order valence-corrected chi connectivity index (χ2v) is 6.39. The molecule has 0 spiro atoms. The molecule has 0 radical (unpaired) electrons. The molecule has 0 saturated carbocycles. The fourth-order valence-electron chi connectivity index (χ4n) is 3.39. The summed E-state index contributed by atoms with van der Waals surface area (Å²) in [4.78, 5) is 2.65. The summed E-state index contributed by atoms with van der Waals surface area (Å²) in [5.74, 6) is 0. The summed E-state index contributed by atoms with van der Waals surface area (Å²) in [6, 6.07) is 8.16. The van der Waals surface area contributed by atoms with Gasteiger partial charge in [0.15, 0.2) is 0 Å². The van der Waals surface area contributed by atoms with E-state index in [4.69, 9.17) is 0 Å². The van der Waals surface area contributed by atoms with Gasteiger partial charge in [-0.25, -0.2) is 0 Å². The van der Waals surface area contributed by atoms with E-state index in [0.717, 1.165) is 0 Å². The van der Waals surface area contributed by atoms with Gasteiger partial charge in [0.05, 0.1) is 0 Å². The Labute approximate surface area is 124 Å². The molecule has 1 N–H and O–H groups in total. The van der Waals surface area contributed by atoms with Crippen molar-refractivity contribution in [2.24, 2.45) is 0 Å². The molecule has 2 atom stereocenters. The van der Waals surface area contributed by atoms with Crippen molar-refractivity contribution in [1.29, 1.82) is 0 Å². The normalized spacial score (nSPS) is 20.6. The number of hydrogen-bond donors (Lipinski definition) is 1. The van der Waals surface area contributed by atoms with E-state index >= 15 is 0 Å². The van der Waals surface area contributed by atoms with Gasteiger partial charge in [-0.1, -0.05) is 36.2 Å². The van der Waals surface area contributed by atoms with E-state index < -0.39 is 0 Å². The lowest BCUT2D eigenvalue weighted by Crippen LogP contribution is -2.39. The van der Waals surface area contributed by atoms with Gasteiger partial charge in [0, 0.05) is 18.6 Å². The van der Waals surface area contributed by atoms with Gasteiger partial charge in [0.2, 0.25) is 0 Å². The first-order valence-corrected chi connectivity index (χ1v) is 8.15. The highest BCUT2D eigenvalue weighted by atomic mass is 15.2. The lowest BCUT2D eigenvalue weighted by atomic mass is 10.0. The van der Waals surface area contributed by atoms with Gasteiger partial charge in [0.25, 0.3) is 0 Å². The zero-order valence-electron chi connectivity index (χ0n) is 13.6. The molecule has 1 heterocycles. The van der Waals surface area contributed by atoms with Crippen LogP contribution in [-0.2, 0) is 0 Å². The molecule has 0 bridgehead atoms. The summed E-state index contributed by atoms with van der Waals surface area (Å²) in [6.45, 7) is 12.6. The lowest BCUT2D eigenvalue weighted by Gasteiger charge is -2.32. The summed E-state index contributed by atoms with van der Waals surface area (Å²) >= 11 is 0. The Bertz CT molecular complexity index is 401. The van der Waals surface area contributed by atoms with Crippen molar-refractivity contribution in [3.63, 3.8) is 0 Å². The average Bonchev–Trinajstić information content (AvgIpc) is 2.89. The third kappa shape index (κ3) is 4.07. The van der Waals surface area contributed by atoms with E-state index in [1.165, 1.54) is 55.6 Å². The topological polar surface area (TPSA) is 15.3 Å². The lowest BCUT2D eigenvalue weighted by molar-refractivity contribution is 0.192. The molecular weight excluding hydrogens is 244 g/mol. The van der Waals surface area contributed by atoms with Crippen LogP contribution < -0.4 is 5.32 Å². The van der Waals surface area contributed by atoms with Gasteiger partial charge in [-0.15, -0.1) is 0 Å². The summed E-state index contributed by atoms with van der Waals surface area (Å²) in [6.07, 6.45) is 3.89. The summed E-state index contributed by atoms with van der Waals surface area (Å²) in [7, 11) is 0. The van der Waals surface area contributed by atoms with E-state index in [-0.39, 0.29) is 0 Å². The van der Waals surface area contributed by atoms with Crippen molar-refractivity contribution >= 4 is 0 Å². The van der Waals surface area contributed by atoms with E-state index in [9.17, 15) is 0 Å². The first kappa shape index (κ1) is 15.5. The highest BCUT2D eigenvalue weighted by molar-refractivity contribution is 5.30. The Morgan fingerprint density at radius 1 is 1.25 bits per heavy atom. The second-order valence-electron chi connectivity index (χ2n) is 6.39. The molecule has 1 aliphatic heterocycles. The van der Waals surface area contributed by atoms with Crippen LogP contribution in [0.4, 0.5) is 0 Å². The first-order valence-electron chi connectivity index (χ1n) is 8.15. The molecule has 1 aromatic carbocycles. The van der Waals surface area contributed by atoms with Gasteiger partial charge in [0.1, 0.15) is 0 Å². The van der Waals surface area contributed by atoms with Crippen LogP contribution >= 0.6 is 0 Å². The van der Waals surface area contributed by atoms with Crippen molar-refractivity contribution in [2.45, 2.75) is 59.0 Å². The van der Waals surface area contributed by atoms with Crippen LogP contribution in [0.15, 0.2) is 18.2 Å². The zero-order valence-corrected chi connectivity index (χ0v) is 13.6. The molecule has 1 fully saturated rings. The second kappa shape index (κ2) is 7.24. The maximum Gasteiger partial charge on any atom is 0.0320 e. The molecule has 2 unspecified atom stereocenters. The molecule has 2 heteroatoms. The quantitative estimate of drug-likeness (QED) is 0.848. The molecule has 1 aliphatic rings. The molecule has 1 aromatic rings. The molecule has 2 rings (SSSR count). The largest absolute Gasteiger partial charge is 0.313 e. The van der Waals surface area contributed by atoms with Crippen LogP contribution in [0.3, 0.4) is 0 Å². The van der Waals surface area contributed by atoms with Crippen molar-refractivity contribution in [3.05, 3.63) is 34.9 Å². The van der Waals surface area contributed by atoms with Crippen molar-refractivity contribution in [1.82, 2.24) is 10.2 Å². The molecular formula is C18H30N2. The van der Waals surface area contributed by atoms with Crippen LogP contribution in [0, 0.1) is 13.8 Å². The van der Waals surface area contributed by atoms with Crippen LogP contribution in [0.5, 0.6) is 0 Å². The Morgan fingerprint density at radius 3 is 2.50 bits per heavy atom. The van der Waals surface area contributed by atoms with Crippen LogP contribution in [0.1, 0.15) is 55.8 Å². The molecule has 0 aliphatic carbocycles. The smallest absolute Gasteiger partial charge is 0.0320 e. The zero-order chi connectivity index (χ0) is 14.5. The first-order chi connectivity index (χ1) is 9.60. The van der Waals surface area contributed by atoms with Gasteiger partial charge < -0.3 is 5.32 Å². The standard InChI is InChI=1S/C18H30N2/c1-5-9-20(13-18-7-6-8-19-18)16(4)17-11-14(2)10-15(3)12-17/h10-12,16,18-19H,5-9,13H2,1-4H3. The van der Waals surface area contributed by atoms with E-state index in [1.807, 2.05) is 0 Å².